The number of hydrogen-bond donors (Lipinski definition) is 0. The third kappa shape index (κ3) is 6.84. The average Bonchev–Trinajstić information content (AvgIpc) is 2.63. The highest BCUT2D eigenvalue weighted by Gasteiger charge is 2.49. The maximum atomic E-state index is 11.8. The average molecular weight is 421 g/mol. The van der Waals surface area contributed by atoms with Crippen molar-refractivity contribution in [2.75, 3.05) is 13.2 Å². The summed E-state index contributed by atoms with van der Waals surface area (Å²) >= 11 is 0. The molecule has 0 aliphatic carbocycles. The molecule has 1 aliphatic rings. The summed E-state index contributed by atoms with van der Waals surface area (Å²) in [5, 5.41) is 0. The summed E-state index contributed by atoms with van der Waals surface area (Å²) in [5.74, 6) is -2.27. The van der Waals surface area contributed by atoms with Crippen LogP contribution in [0.3, 0.4) is 0 Å². The molecule has 1 saturated heterocycles. The van der Waals surface area contributed by atoms with Crippen LogP contribution in [0.4, 0.5) is 0 Å². The number of ether oxygens (including phenoxy) is 4. The fraction of sp³-hybridized carbons (Fsp3) is 0.524. The molecule has 9 nitrogen and oxygen atoms in total. The summed E-state index contributed by atoms with van der Waals surface area (Å²) in [4.78, 5) is 48.6. The zero-order valence-electron chi connectivity index (χ0n) is 17.5. The van der Waals surface area contributed by atoms with E-state index in [1.807, 2.05) is 35.2 Å². The van der Waals surface area contributed by atoms with E-state index >= 15 is 0 Å². The van der Waals surface area contributed by atoms with Crippen LogP contribution in [-0.4, -0.2) is 66.3 Å². The van der Waals surface area contributed by atoms with Crippen LogP contribution in [0.15, 0.2) is 30.3 Å². The minimum absolute atomic E-state index is 0.0926. The van der Waals surface area contributed by atoms with Crippen molar-refractivity contribution >= 4 is 23.9 Å². The number of nitrogens with zero attached hydrogens (tertiary/aromatic N) is 1. The van der Waals surface area contributed by atoms with Crippen molar-refractivity contribution in [3.63, 3.8) is 0 Å². The molecule has 1 fully saturated rings. The van der Waals surface area contributed by atoms with Gasteiger partial charge in [0, 0.05) is 40.8 Å². The van der Waals surface area contributed by atoms with Gasteiger partial charge in [-0.25, -0.2) is 0 Å². The fourth-order valence-electron chi connectivity index (χ4n) is 3.50. The van der Waals surface area contributed by atoms with Gasteiger partial charge in [0.1, 0.15) is 6.61 Å². The molecule has 4 atom stereocenters. The van der Waals surface area contributed by atoms with Gasteiger partial charge in [-0.3, -0.25) is 24.1 Å². The Morgan fingerprint density at radius 3 is 1.93 bits per heavy atom. The Kier molecular flexibility index (Phi) is 8.35. The first-order chi connectivity index (χ1) is 14.2. The lowest BCUT2D eigenvalue weighted by molar-refractivity contribution is -0.208. The molecular formula is C21H27NO8. The van der Waals surface area contributed by atoms with Crippen molar-refractivity contribution in [2.45, 2.75) is 58.6 Å². The lowest BCUT2D eigenvalue weighted by Gasteiger charge is -2.46. The van der Waals surface area contributed by atoms with Gasteiger partial charge in [0.15, 0.2) is 18.3 Å². The van der Waals surface area contributed by atoms with Gasteiger partial charge >= 0.3 is 23.9 Å². The SMILES string of the molecule is CC(=O)OC[C@H]1[C@@H](OC(C)=O)[C@H](OC(C)=O)[C@@H](OC(C)=O)CN1Cc1ccccc1. The Morgan fingerprint density at radius 1 is 0.833 bits per heavy atom. The standard InChI is InChI=1S/C21H27NO8/c1-13(23)27-12-18-20(29-15(3)25)21(30-16(4)26)19(28-14(2)24)11-22(18)10-17-8-6-5-7-9-17/h5-9,18-21H,10-12H2,1-4H3/t18-,19-,20+,21+/m0/s1. The van der Waals surface area contributed by atoms with E-state index in [4.69, 9.17) is 18.9 Å². The van der Waals surface area contributed by atoms with E-state index in [0.29, 0.717) is 6.54 Å². The second-order valence-corrected chi connectivity index (χ2v) is 7.08. The van der Waals surface area contributed by atoms with Crippen molar-refractivity contribution in [3.05, 3.63) is 35.9 Å². The molecule has 0 N–H and O–H groups in total. The molecule has 1 aromatic carbocycles. The molecule has 0 radical (unpaired) electrons. The van der Waals surface area contributed by atoms with Gasteiger partial charge in [-0.05, 0) is 5.56 Å². The molecule has 0 aromatic heterocycles. The first-order valence-electron chi connectivity index (χ1n) is 9.60. The van der Waals surface area contributed by atoms with Crippen molar-refractivity contribution in [1.29, 1.82) is 0 Å². The van der Waals surface area contributed by atoms with E-state index < -0.39 is 48.2 Å². The fourth-order valence-corrected chi connectivity index (χ4v) is 3.50. The van der Waals surface area contributed by atoms with Crippen LogP contribution in [-0.2, 0) is 44.7 Å². The zero-order chi connectivity index (χ0) is 22.3. The monoisotopic (exact) mass is 421 g/mol. The van der Waals surface area contributed by atoms with Gasteiger partial charge < -0.3 is 18.9 Å². The van der Waals surface area contributed by atoms with Crippen molar-refractivity contribution in [3.8, 4) is 0 Å². The molecule has 0 bridgehead atoms. The largest absolute Gasteiger partial charge is 0.464 e. The van der Waals surface area contributed by atoms with Gasteiger partial charge in [-0.2, -0.15) is 0 Å². The Morgan fingerprint density at radius 2 is 1.40 bits per heavy atom. The maximum Gasteiger partial charge on any atom is 0.303 e. The minimum atomic E-state index is -1.04. The van der Waals surface area contributed by atoms with E-state index in [1.54, 1.807) is 0 Å². The molecule has 30 heavy (non-hydrogen) atoms. The molecule has 1 aromatic rings. The zero-order valence-corrected chi connectivity index (χ0v) is 17.5. The van der Waals surface area contributed by atoms with Crippen LogP contribution in [0.1, 0.15) is 33.3 Å². The minimum Gasteiger partial charge on any atom is -0.464 e. The Bertz CT molecular complexity index is 766. The Hall–Kier alpha value is -2.94. The number of rotatable bonds is 7. The third-order valence-corrected chi connectivity index (χ3v) is 4.56. The van der Waals surface area contributed by atoms with Crippen LogP contribution in [0.2, 0.25) is 0 Å². The van der Waals surface area contributed by atoms with Gasteiger partial charge in [0.2, 0.25) is 0 Å². The number of likely N-dealkylation sites (tertiary alicyclic amines) is 1. The number of hydrogen-bond acceptors (Lipinski definition) is 9. The first-order valence-corrected chi connectivity index (χ1v) is 9.60. The van der Waals surface area contributed by atoms with Crippen molar-refractivity contribution in [1.82, 2.24) is 4.90 Å². The van der Waals surface area contributed by atoms with E-state index in [-0.39, 0.29) is 13.2 Å². The van der Waals surface area contributed by atoms with Gasteiger partial charge in [0.25, 0.3) is 0 Å². The summed E-state index contributed by atoms with van der Waals surface area (Å²) in [6.45, 7) is 5.47. The molecule has 1 heterocycles. The highest BCUT2D eigenvalue weighted by Crippen LogP contribution is 2.28. The highest BCUT2D eigenvalue weighted by molar-refractivity contribution is 5.68. The number of benzene rings is 1. The second-order valence-electron chi connectivity index (χ2n) is 7.08. The van der Waals surface area contributed by atoms with Gasteiger partial charge in [-0.1, -0.05) is 30.3 Å². The summed E-state index contributed by atoms with van der Waals surface area (Å²) in [6.07, 6.45) is -2.91. The van der Waals surface area contributed by atoms with Gasteiger partial charge in [-0.15, -0.1) is 0 Å². The molecule has 0 amide bonds. The smallest absolute Gasteiger partial charge is 0.303 e. The summed E-state index contributed by atoms with van der Waals surface area (Å²) < 4.78 is 21.5. The normalized spacial score (nSPS) is 23.9. The highest BCUT2D eigenvalue weighted by atomic mass is 16.6. The first kappa shape index (κ1) is 23.3. The Labute approximate surface area is 175 Å². The predicted molar refractivity (Wildman–Crippen MR) is 104 cm³/mol. The summed E-state index contributed by atoms with van der Waals surface area (Å²) in [5.41, 5.74) is 0.958. The quantitative estimate of drug-likeness (QED) is 0.474. The number of piperidine rings is 1. The predicted octanol–water partition coefficient (Wildman–Crippen LogP) is 1.23. The number of carbonyl (C=O) groups is 4. The van der Waals surface area contributed by atoms with Crippen LogP contribution >= 0.6 is 0 Å². The van der Waals surface area contributed by atoms with Crippen LogP contribution < -0.4 is 0 Å². The molecule has 0 unspecified atom stereocenters. The maximum absolute atomic E-state index is 11.8. The third-order valence-electron chi connectivity index (χ3n) is 4.56. The van der Waals surface area contributed by atoms with Crippen LogP contribution in [0.5, 0.6) is 0 Å². The van der Waals surface area contributed by atoms with Crippen molar-refractivity contribution < 1.29 is 38.1 Å². The lowest BCUT2D eigenvalue weighted by atomic mass is 9.92. The van der Waals surface area contributed by atoms with E-state index in [2.05, 4.69) is 0 Å². The van der Waals surface area contributed by atoms with Crippen LogP contribution in [0, 0.1) is 0 Å². The molecule has 0 saturated carbocycles. The Balaban J connectivity index is 2.43. The number of esters is 4. The topological polar surface area (TPSA) is 108 Å². The van der Waals surface area contributed by atoms with E-state index in [1.165, 1.54) is 27.7 Å². The van der Waals surface area contributed by atoms with E-state index in [9.17, 15) is 19.2 Å². The van der Waals surface area contributed by atoms with Crippen LogP contribution in [0.25, 0.3) is 0 Å². The molecule has 0 spiro atoms. The molecular weight excluding hydrogens is 394 g/mol. The molecule has 164 valence electrons. The lowest BCUT2D eigenvalue weighted by Crippen LogP contribution is -2.65. The second kappa shape index (κ2) is 10.7. The summed E-state index contributed by atoms with van der Waals surface area (Å²) in [6, 6.07) is 8.88. The van der Waals surface area contributed by atoms with Gasteiger partial charge in [0.05, 0.1) is 6.04 Å². The van der Waals surface area contributed by atoms with E-state index in [0.717, 1.165) is 5.56 Å². The van der Waals surface area contributed by atoms with Crippen molar-refractivity contribution in [2.24, 2.45) is 0 Å². The number of carbonyl (C=O) groups excluding carboxylic acids is 4. The molecule has 9 heteroatoms. The molecule has 1 aliphatic heterocycles. The summed E-state index contributed by atoms with van der Waals surface area (Å²) in [7, 11) is 0. The molecule has 2 rings (SSSR count).